The summed E-state index contributed by atoms with van der Waals surface area (Å²) in [5.74, 6) is 0.836. The Kier molecular flexibility index (Phi) is 3.79. The number of nitrogens with zero attached hydrogens (tertiary/aromatic N) is 1. The molecular weight excluding hydrogens is 326 g/mol. The van der Waals surface area contributed by atoms with Crippen LogP contribution in [0.4, 0.5) is 0 Å². The summed E-state index contributed by atoms with van der Waals surface area (Å²) in [4.78, 5) is 15.0. The van der Waals surface area contributed by atoms with E-state index < -0.39 is 0 Å². The van der Waals surface area contributed by atoms with Gasteiger partial charge in [-0.25, -0.2) is 4.79 Å². The highest BCUT2D eigenvalue weighted by molar-refractivity contribution is 5.86. The largest absolute Gasteiger partial charge is 0.478 e. The Labute approximate surface area is 152 Å². The van der Waals surface area contributed by atoms with Gasteiger partial charge in [-0.2, -0.15) is 0 Å². The summed E-state index contributed by atoms with van der Waals surface area (Å²) in [7, 11) is 0. The van der Waals surface area contributed by atoms with E-state index in [-0.39, 0.29) is 5.63 Å². The summed E-state index contributed by atoms with van der Waals surface area (Å²) < 4.78 is 11.8. The molecule has 0 atom stereocenters. The monoisotopic (exact) mass is 347 g/mol. The molecule has 0 amide bonds. The van der Waals surface area contributed by atoms with Gasteiger partial charge in [0.1, 0.15) is 18.1 Å². The van der Waals surface area contributed by atoms with Crippen LogP contribution in [0.5, 0.6) is 5.75 Å². The number of rotatable bonds is 2. The molecule has 0 N–H and O–H groups in total. The third-order valence-corrected chi connectivity index (χ3v) is 5.64. The highest BCUT2D eigenvalue weighted by atomic mass is 16.5. The van der Waals surface area contributed by atoms with Gasteiger partial charge in [0.2, 0.25) is 0 Å². The molecule has 4 heteroatoms. The number of hydrogen-bond acceptors (Lipinski definition) is 4. The minimum absolute atomic E-state index is 0.296. The van der Waals surface area contributed by atoms with Crippen LogP contribution in [0.15, 0.2) is 57.7 Å². The molecule has 132 valence electrons. The molecule has 1 aliphatic heterocycles. The van der Waals surface area contributed by atoms with Crippen molar-refractivity contribution in [1.82, 2.24) is 4.90 Å². The molecule has 0 radical (unpaired) electrons. The molecule has 5 rings (SSSR count). The molecule has 1 aromatic heterocycles. The Morgan fingerprint density at radius 2 is 1.81 bits per heavy atom. The Morgan fingerprint density at radius 1 is 1.00 bits per heavy atom. The van der Waals surface area contributed by atoms with Gasteiger partial charge in [0.15, 0.2) is 0 Å². The summed E-state index contributed by atoms with van der Waals surface area (Å²) in [6, 6.07) is 16.2. The van der Waals surface area contributed by atoms with Crippen LogP contribution in [0.2, 0.25) is 0 Å². The molecule has 4 nitrogen and oxygen atoms in total. The summed E-state index contributed by atoms with van der Waals surface area (Å²) >= 11 is 0. The van der Waals surface area contributed by atoms with Crippen molar-refractivity contribution in [3.8, 4) is 16.9 Å². The van der Waals surface area contributed by atoms with Crippen LogP contribution in [0.1, 0.15) is 31.2 Å². The van der Waals surface area contributed by atoms with Crippen molar-refractivity contribution in [3.63, 3.8) is 0 Å². The van der Waals surface area contributed by atoms with E-state index in [4.69, 9.17) is 9.15 Å². The van der Waals surface area contributed by atoms with Crippen molar-refractivity contribution in [2.45, 2.75) is 38.3 Å². The predicted octanol–water partition coefficient (Wildman–Crippen LogP) is 4.55. The van der Waals surface area contributed by atoms with Gasteiger partial charge in [-0.1, -0.05) is 43.2 Å². The fourth-order valence-corrected chi connectivity index (χ4v) is 4.23. The third kappa shape index (κ3) is 2.61. The van der Waals surface area contributed by atoms with Gasteiger partial charge in [0.05, 0.1) is 11.1 Å². The first-order valence-electron chi connectivity index (χ1n) is 9.31. The van der Waals surface area contributed by atoms with E-state index in [0.29, 0.717) is 23.9 Å². The highest BCUT2D eigenvalue weighted by Gasteiger charge is 2.28. The molecule has 0 bridgehead atoms. The lowest BCUT2D eigenvalue weighted by molar-refractivity contribution is 0.0581. The van der Waals surface area contributed by atoms with E-state index in [9.17, 15) is 4.79 Å². The van der Waals surface area contributed by atoms with Crippen molar-refractivity contribution in [1.29, 1.82) is 0 Å². The van der Waals surface area contributed by atoms with Gasteiger partial charge in [0, 0.05) is 18.0 Å². The van der Waals surface area contributed by atoms with Gasteiger partial charge in [-0.3, -0.25) is 4.90 Å². The first-order valence-corrected chi connectivity index (χ1v) is 9.31. The second kappa shape index (κ2) is 6.29. The topological polar surface area (TPSA) is 42.7 Å². The number of ether oxygens (including phenoxy) is 1. The molecular formula is C22H21NO3. The lowest BCUT2D eigenvalue weighted by atomic mass is 10.0. The fourth-order valence-electron chi connectivity index (χ4n) is 4.23. The van der Waals surface area contributed by atoms with Crippen molar-refractivity contribution in [2.75, 3.05) is 6.73 Å². The van der Waals surface area contributed by atoms with Gasteiger partial charge in [-0.05, 0) is 36.6 Å². The van der Waals surface area contributed by atoms with Crippen molar-refractivity contribution in [3.05, 3.63) is 64.5 Å². The summed E-state index contributed by atoms with van der Waals surface area (Å²) in [6.07, 6.45) is 5.04. The van der Waals surface area contributed by atoms with E-state index in [0.717, 1.165) is 28.8 Å². The molecule has 2 heterocycles. The van der Waals surface area contributed by atoms with Crippen LogP contribution < -0.4 is 10.4 Å². The van der Waals surface area contributed by atoms with Crippen LogP contribution in [0, 0.1) is 0 Å². The molecule has 1 fully saturated rings. The molecule has 1 aliphatic carbocycles. The second-order valence-corrected chi connectivity index (χ2v) is 7.23. The summed E-state index contributed by atoms with van der Waals surface area (Å²) in [6.45, 7) is 1.40. The van der Waals surface area contributed by atoms with Crippen molar-refractivity contribution < 1.29 is 9.15 Å². The van der Waals surface area contributed by atoms with E-state index in [2.05, 4.69) is 4.90 Å². The zero-order chi connectivity index (χ0) is 17.5. The Bertz CT molecular complexity index is 1000. The summed E-state index contributed by atoms with van der Waals surface area (Å²) in [5.41, 5.74) is 2.84. The smallest absolute Gasteiger partial charge is 0.344 e. The van der Waals surface area contributed by atoms with E-state index in [1.807, 2.05) is 48.5 Å². The fraction of sp³-hybridized carbons (Fsp3) is 0.318. The average Bonchev–Trinajstić information content (AvgIpc) is 3.22. The molecule has 3 aromatic rings. The molecule has 0 saturated heterocycles. The molecule has 0 spiro atoms. The number of benzene rings is 2. The average molecular weight is 347 g/mol. The second-order valence-electron chi connectivity index (χ2n) is 7.23. The van der Waals surface area contributed by atoms with Crippen LogP contribution in [-0.2, 0) is 6.54 Å². The number of fused-ring (bicyclic) bond motifs is 3. The lowest BCUT2D eigenvalue weighted by Gasteiger charge is -2.33. The Balaban J connectivity index is 1.60. The first kappa shape index (κ1) is 15.6. The molecule has 2 aliphatic rings. The van der Waals surface area contributed by atoms with Gasteiger partial charge in [0.25, 0.3) is 0 Å². The maximum Gasteiger partial charge on any atom is 0.344 e. The zero-order valence-electron chi connectivity index (χ0n) is 14.6. The quantitative estimate of drug-likeness (QED) is 0.638. The van der Waals surface area contributed by atoms with Crippen LogP contribution in [0.3, 0.4) is 0 Å². The van der Waals surface area contributed by atoms with Gasteiger partial charge in [-0.15, -0.1) is 0 Å². The molecule has 0 unspecified atom stereocenters. The summed E-state index contributed by atoms with van der Waals surface area (Å²) in [5, 5.41) is 0.944. The Morgan fingerprint density at radius 3 is 2.62 bits per heavy atom. The predicted molar refractivity (Wildman–Crippen MR) is 101 cm³/mol. The molecule has 2 aromatic carbocycles. The maximum absolute atomic E-state index is 12.6. The minimum Gasteiger partial charge on any atom is -0.478 e. The van der Waals surface area contributed by atoms with Gasteiger partial charge < -0.3 is 9.15 Å². The van der Waals surface area contributed by atoms with Crippen LogP contribution in [0.25, 0.3) is 22.1 Å². The normalized spacial score (nSPS) is 18.0. The minimum atomic E-state index is -0.296. The van der Waals surface area contributed by atoms with Crippen molar-refractivity contribution in [2.24, 2.45) is 0 Å². The third-order valence-electron chi connectivity index (χ3n) is 5.64. The van der Waals surface area contributed by atoms with Gasteiger partial charge >= 0.3 is 5.63 Å². The SMILES string of the molecule is O=c1oc2c3c(ccc2cc1-c1ccccc1)OCN(C1CCCC1)C3. The standard InChI is InChI=1S/C22H21NO3/c24-22-18(15-6-2-1-3-7-15)12-16-10-11-20-19(21(16)26-22)13-23(14-25-20)17-8-4-5-9-17/h1-3,6-7,10-12,17H,4-5,8-9,13-14H2. The maximum atomic E-state index is 12.6. The van der Waals surface area contributed by atoms with Crippen LogP contribution in [-0.4, -0.2) is 17.7 Å². The highest BCUT2D eigenvalue weighted by Crippen LogP contribution is 2.35. The molecule has 26 heavy (non-hydrogen) atoms. The zero-order valence-corrected chi connectivity index (χ0v) is 14.6. The number of hydrogen-bond donors (Lipinski definition) is 0. The van der Waals surface area contributed by atoms with E-state index >= 15 is 0 Å². The molecule has 1 saturated carbocycles. The van der Waals surface area contributed by atoms with Crippen molar-refractivity contribution >= 4 is 11.0 Å². The lowest BCUT2D eigenvalue weighted by Crippen LogP contribution is -2.38. The van der Waals surface area contributed by atoms with E-state index in [1.165, 1.54) is 25.7 Å². The Hall–Kier alpha value is -2.59. The van der Waals surface area contributed by atoms with E-state index in [1.54, 1.807) is 0 Å². The first-order chi connectivity index (χ1) is 12.8. The van der Waals surface area contributed by atoms with Crippen LogP contribution >= 0.6 is 0 Å².